The molecule has 0 saturated carbocycles. The first-order valence-electron chi connectivity index (χ1n) is 1.63. The molecule has 0 fully saturated rings. The Balaban J connectivity index is -0.00000000889. The van der Waals surface area contributed by atoms with Gasteiger partial charge in [0.2, 0.25) is 0 Å². The molecule has 0 bridgehead atoms. The van der Waals surface area contributed by atoms with E-state index in [1.54, 1.807) is 0 Å². The van der Waals surface area contributed by atoms with Crippen molar-refractivity contribution in [2.75, 3.05) is 0 Å². The number of halogens is 2. The van der Waals surface area contributed by atoms with Gasteiger partial charge in [-0.25, -0.2) is 39.2 Å². The van der Waals surface area contributed by atoms with E-state index in [1.807, 2.05) is 0 Å². The molecular formula is C6H12Cl2Ti. The quantitative estimate of drug-likeness (QED) is 0.419. The van der Waals surface area contributed by atoms with Crippen LogP contribution >= 0.6 is 24.8 Å². The van der Waals surface area contributed by atoms with Gasteiger partial charge >= 0.3 is 21.7 Å². The predicted molar refractivity (Wildman–Crippen MR) is 45.6 cm³/mol. The second-order valence-corrected chi connectivity index (χ2v) is 0.577. The zero-order valence-corrected chi connectivity index (χ0v) is 8.49. The molecule has 0 aliphatic rings. The summed E-state index contributed by atoms with van der Waals surface area (Å²) in [5.41, 5.74) is 0. The van der Waals surface area contributed by atoms with Gasteiger partial charge in [0.1, 0.15) is 0 Å². The monoisotopic (exact) mass is 202 g/mol. The molecule has 0 nitrogen and oxygen atoms in total. The van der Waals surface area contributed by atoms with E-state index < -0.39 is 0 Å². The van der Waals surface area contributed by atoms with E-state index in [4.69, 9.17) is 0 Å². The van der Waals surface area contributed by atoms with Crippen LogP contribution in [0.3, 0.4) is 0 Å². The molecular weight excluding hydrogens is 191 g/mol. The van der Waals surface area contributed by atoms with Crippen molar-refractivity contribution < 1.29 is 21.7 Å². The van der Waals surface area contributed by atoms with E-state index in [9.17, 15) is 0 Å². The van der Waals surface area contributed by atoms with E-state index in [-0.39, 0.29) is 46.5 Å². The zero-order valence-electron chi connectivity index (χ0n) is 5.30. The van der Waals surface area contributed by atoms with Crippen molar-refractivity contribution in [1.29, 1.82) is 0 Å². The summed E-state index contributed by atoms with van der Waals surface area (Å²) in [6, 6.07) is 0. The molecule has 54 valence electrons. The van der Waals surface area contributed by atoms with Crippen LogP contribution in [0.4, 0.5) is 0 Å². The van der Waals surface area contributed by atoms with Gasteiger partial charge in [0.15, 0.2) is 0 Å². The Morgan fingerprint density at radius 1 is 0.889 bits per heavy atom. The normalized spacial score (nSPS) is 2.67. The Bertz CT molecular complexity index is 32.0. The fourth-order valence-electron chi connectivity index (χ4n) is 0. The topological polar surface area (TPSA) is 0 Å². The standard InChI is InChI=1S/2C3H5.2ClH.Ti/c2*1-3-2;;;/h2*3H,1-2H2;2*1H;/q2*-1;;;+2. The van der Waals surface area contributed by atoms with Crippen molar-refractivity contribution in [3.8, 4) is 0 Å². The van der Waals surface area contributed by atoms with Crippen LogP contribution < -0.4 is 0 Å². The molecule has 0 aliphatic carbocycles. The predicted octanol–water partition coefficient (Wildman–Crippen LogP) is 2.85. The zero-order chi connectivity index (χ0) is 5.41. The summed E-state index contributed by atoms with van der Waals surface area (Å²) in [6.45, 7) is 13.0. The van der Waals surface area contributed by atoms with Gasteiger partial charge in [0.05, 0.1) is 0 Å². The Morgan fingerprint density at radius 3 is 0.889 bits per heavy atom. The summed E-state index contributed by atoms with van der Waals surface area (Å²) >= 11 is 0. The first kappa shape index (κ1) is 33.8. The summed E-state index contributed by atoms with van der Waals surface area (Å²) in [5.74, 6) is 0. The summed E-state index contributed by atoms with van der Waals surface area (Å²) in [5, 5.41) is 0. The first-order chi connectivity index (χ1) is 2.83. The van der Waals surface area contributed by atoms with E-state index in [0.29, 0.717) is 0 Å². The smallest absolute Gasteiger partial charge is 0.245 e. The van der Waals surface area contributed by atoms with E-state index >= 15 is 0 Å². The van der Waals surface area contributed by atoms with Crippen molar-refractivity contribution in [1.82, 2.24) is 0 Å². The number of rotatable bonds is 0. The number of hydrogen-bond donors (Lipinski definition) is 0. The summed E-state index contributed by atoms with van der Waals surface area (Å²) in [7, 11) is 0. The maximum atomic E-state index is 3.25. The number of allylic oxidation sites excluding steroid dienone is 2. The van der Waals surface area contributed by atoms with Crippen LogP contribution in [0.2, 0.25) is 0 Å². The summed E-state index contributed by atoms with van der Waals surface area (Å²) in [6.07, 6.45) is 3.00. The molecule has 0 heterocycles. The molecule has 0 rings (SSSR count). The van der Waals surface area contributed by atoms with Crippen LogP contribution in [-0.4, -0.2) is 0 Å². The Morgan fingerprint density at radius 2 is 0.889 bits per heavy atom. The van der Waals surface area contributed by atoms with Gasteiger partial charge in [-0.3, -0.25) is 0 Å². The van der Waals surface area contributed by atoms with E-state index in [1.165, 1.54) is 12.2 Å². The van der Waals surface area contributed by atoms with Gasteiger partial charge in [0, 0.05) is 0 Å². The van der Waals surface area contributed by atoms with E-state index in [2.05, 4.69) is 27.0 Å². The molecule has 0 aromatic rings. The fraction of sp³-hybridized carbons (Fsp3) is 0. The minimum atomic E-state index is 0. The molecule has 0 amide bonds. The van der Waals surface area contributed by atoms with Crippen LogP contribution in [0.1, 0.15) is 0 Å². The number of hydrogen-bond acceptors (Lipinski definition) is 0. The van der Waals surface area contributed by atoms with Crippen LogP contribution in [0.5, 0.6) is 0 Å². The van der Waals surface area contributed by atoms with Gasteiger partial charge < -0.3 is 0 Å². The van der Waals surface area contributed by atoms with Crippen molar-refractivity contribution >= 4 is 24.8 Å². The van der Waals surface area contributed by atoms with Crippen LogP contribution in [-0.2, 0) is 21.7 Å². The molecule has 0 spiro atoms. The van der Waals surface area contributed by atoms with E-state index in [0.717, 1.165) is 0 Å². The van der Waals surface area contributed by atoms with Gasteiger partial charge in [-0.05, 0) is 0 Å². The molecule has 0 saturated heterocycles. The van der Waals surface area contributed by atoms with Crippen LogP contribution in [0.25, 0.3) is 0 Å². The minimum Gasteiger partial charge on any atom is -0.245 e. The average molecular weight is 203 g/mol. The van der Waals surface area contributed by atoms with Gasteiger partial charge in [-0.2, -0.15) is 0 Å². The maximum Gasteiger partial charge on any atom is 2.00 e. The molecule has 0 unspecified atom stereocenters. The van der Waals surface area contributed by atoms with Crippen molar-refractivity contribution in [3.05, 3.63) is 39.2 Å². The first-order valence-corrected chi connectivity index (χ1v) is 1.63. The third-order valence-corrected chi connectivity index (χ3v) is 0. The molecule has 9 heavy (non-hydrogen) atoms. The molecule has 0 N–H and O–H groups in total. The van der Waals surface area contributed by atoms with Crippen LogP contribution in [0, 0.1) is 13.8 Å². The molecule has 3 heteroatoms. The third kappa shape index (κ3) is 1370. The molecule has 0 aliphatic heterocycles. The van der Waals surface area contributed by atoms with Crippen LogP contribution in [0.15, 0.2) is 25.3 Å². The molecule has 0 aromatic heterocycles. The molecule has 0 aromatic carbocycles. The summed E-state index contributed by atoms with van der Waals surface area (Å²) < 4.78 is 0. The maximum absolute atomic E-state index is 3.25. The van der Waals surface area contributed by atoms with Gasteiger partial charge in [0.25, 0.3) is 0 Å². The minimum absolute atomic E-state index is 0. The fourth-order valence-corrected chi connectivity index (χ4v) is 0. The second kappa shape index (κ2) is 76.0. The van der Waals surface area contributed by atoms with Crippen molar-refractivity contribution in [2.45, 2.75) is 0 Å². The molecule has 0 atom stereocenters. The van der Waals surface area contributed by atoms with Crippen molar-refractivity contribution in [2.24, 2.45) is 0 Å². The summed E-state index contributed by atoms with van der Waals surface area (Å²) in [4.78, 5) is 0. The Hall–Kier alpha value is 0.514. The second-order valence-electron chi connectivity index (χ2n) is 0.577. The van der Waals surface area contributed by atoms with Crippen molar-refractivity contribution in [3.63, 3.8) is 0 Å². The average Bonchev–Trinajstić information content (AvgIpc) is 1.39. The Kier molecular flexibility index (Phi) is 286. The third-order valence-electron chi connectivity index (χ3n) is 0. The van der Waals surface area contributed by atoms with Gasteiger partial charge in [-0.15, -0.1) is 24.8 Å². The largest absolute Gasteiger partial charge is 2.00 e. The van der Waals surface area contributed by atoms with Gasteiger partial charge in [-0.1, -0.05) is 0 Å². The molecule has 0 radical (unpaired) electrons. The Labute approximate surface area is 85.5 Å². The SMILES string of the molecule is C=C[CH2-].C=C[CH2-].Cl.Cl.[Ti+2].